The molecule has 3 aliphatic heterocycles. The van der Waals surface area contributed by atoms with Crippen LogP contribution in [0, 0.1) is 6.92 Å². The van der Waals surface area contributed by atoms with E-state index >= 15 is 0 Å². The molecule has 3 saturated heterocycles. The number of aliphatic hydroxyl groups excluding tert-OH is 1. The molecule has 228 valence electrons. The lowest BCUT2D eigenvalue weighted by molar-refractivity contribution is 0.0755. The number of nitrogens with one attached hydrogen (secondary N) is 1. The summed E-state index contributed by atoms with van der Waals surface area (Å²) >= 11 is 0. The van der Waals surface area contributed by atoms with Crippen LogP contribution in [0.2, 0.25) is 0 Å². The fourth-order valence-corrected chi connectivity index (χ4v) is 6.91. The molecule has 0 radical (unpaired) electrons. The summed E-state index contributed by atoms with van der Waals surface area (Å²) < 4.78 is 7.46. The summed E-state index contributed by atoms with van der Waals surface area (Å²) in [5.41, 5.74) is 6.00. The lowest BCUT2D eigenvalue weighted by atomic mass is 10.00. The first-order valence-corrected chi connectivity index (χ1v) is 15.3. The largest absolute Gasteiger partial charge is 0.497 e. The molecule has 4 atom stereocenters. The van der Waals surface area contributed by atoms with Crippen LogP contribution in [0.5, 0.6) is 5.75 Å². The molecule has 1 aromatic heterocycles. The van der Waals surface area contributed by atoms with Gasteiger partial charge in [-0.2, -0.15) is 0 Å². The Hall–Kier alpha value is -3.82. The van der Waals surface area contributed by atoms with Crippen molar-refractivity contribution in [3.05, 3.63) is 71.0 Å². The lowest BCUT2D eigenvalue weighted by Gasteiger charge is -2.40. The maximum atomic E-state index is 13.6. The van der Waals surface area contributed by atoms with Crippen molar-refractivity contribution in [2.24, 2.45) is 7.05 Å². The Morgan fingerprint density at radius 1 is 0.977 bits per heavy atom. The van der Waals surface area contributed by atoms with Crippen LogP contribution in [0.25, 0.3) is 11.1 Å². The van der Waals surface area contributed by atoms with Crippen LogP contribution in [0.4, 0.5) is 5.69 Å². The SMILES string of the molecule is COc1cc(-c2cc(C(=O)N3CC[C@H](O)C3)n(C)c2)cc([C@@H](C)NC(=O)c2cc(N3C[C@H]4CC[C@@H](C3)N4C)ccc2C)c1. The molecular weight excluding hydrogens is 542 g/mol. The molecule has 3 aromatic rings. The van der Waals surface area contributed by atoms with Gasteiger partial charge in [-0.25, -0.2) is 0 Å². The number of piperazine rings is 1. The summed E-state index contributed by atoms with van der Waals surface area (Å²) in [5, 5.41) is 13.1. The van der Waals surface area contributed by atoms with Crippen LogP contribution < -0.4 is 15.0 Å². The Morgan fingerprint density at radius 3 is 2.40 bits per heavy atom. The van der Waals surface area contributed by atoms with Crippen LogP contribution in [0.3, 0.4) is 0 Å². The summed E-state index contributed by atoms with van der Waals surface area (Å²) in [6.07, 6.45) is 4.54. The number of carbonyl (C=O) groups is 2. The topological polar surface area (TPSA) is 90.3 Å². The molecule has 0 unspecified atom stereocenters. The normalized spacial score (nSPS) is 22.6. The van der Waals surface area contributed by atoms with E-state index in [-0.39, 0.29) is 17.9 Å². The third-order valence-corrected chi connectivity index (χ3v) is 9.70. The van der Waals surface area contributed by atoms with Gasteiger partial charge in [-0.15, -0.1) is 0 Å². The van der Waals surface area contributed by atoms with Gasteiger partial charge < -0.3 is 29.5 Å². The number of benzene rings is 2. The first kappa shape index (κ1) is 29.3. The zero-order valence-corrected chi connectivity index (χ0v) is 25.8. The quantitative estimate of drug-likeness (QED) is 0.436. The number of amides is 2. The minimum Gasteiger partial charge on any atom is -0.497 e. The smallest absolute Gasteiger partial charge is 0.270 e. The van der Waals surface area contributed by atoms with Gasteiger partial charge in [0.1, 0.15) is 11.4 Å². The summed E-state index contributed by atoms with van der Waals surface area (Å²) in [6.45, 7) is 6.86. The summed E-state index contributed by atoms with van der Waals surface area (Å²) in [5.74, 6) is 0.487. The highest BCUT2D eigenvalue weighted by atomic mass is 16.5. The van der Waals surface area contributed by atoms with Gasteiger partial charge >= 0.3 is 0 Å². The van der Waals surface area contributed by atoms with Crippen LogP contribution >= 0.6 is 0 Å². The van der Waals surface area contributed by atoms with E-state index in [1.165, 1.54) is 12.8 Å². The zero-order chi connectivity index (χ0) is 30.4. The van der Waals surface area contributed by atoms with Crippen LogP contribution in [-0.4, -0.2) is 89.8 Å². The minimum atomic E-state index is -0.463. The number of methoxy groups -OCH3 is 1. The molecule has 6 rings (SSSR count). The standard InChI is InChI=1S/C34H43N5O4/c1-21-6-7-26(39-18-27-8-9-28(19-39)37(27)4)16-31(21)33(41)35-22(2)23-12-24(14-30(13-23)43-5)25-15-32(36(3)17-25)34(42)38-11-10-29(40)20-38/h6-7,12-17,22,27-29,40H,8-11,18-20H2,1-5H3,(H,35,41)/t22-,27-,28+,29+/m1/s1. The van der Waals surface area contributed by atoms with Crippen molar-refractivity contribution in [3.8, 4) is 16.9 Å². The van der Waals surface area contributed by atoms with Gasteiger partial charge in [-0.1, -0.05) is 6.07 Å². The van der Waals surface area contributed by atoms with Gasteiger partial charge in [0.05, 0.1) is 19.3 Å². The Labute approximate surface area is 254 Å². The van der Waals surface area contributed by atoms with Crippen LogP contribution in [-0.2, 0) is 7.05 Å². The number of ether oxygens (including phenoxy) is 1. The molecular formula is C34H43N5O4. The number of likely N-dealkylation sites (tertiary alicyclic amines) is 1. The van der Waals surface area contributed by atoms with Crippen LogP contribution in [0.15, 0.2) is 48.7 Å². The van der Waals surface area contributed by atoms with E-state index < -0.39 is 6.10 Å². The second-order valence-corrected chi connectivity index (χ2v) is 12.6. The van der Waals surface area contributed by atoms with Gasteiger partial charge in [0.15, 0.2) is 0 Å². The van der Waals surface area contributed by atoms with E-state index in [9.17, 15) is 14.7 Å². The average molecular weight is 586 g/mol. The lowest BCUT2D eigenvalue weighted by Crippen LogP contribution is -2.52. The first-order chi connectivity index (χ1) is 20.6. The number of aromatic nitrogens is 1. The Kier molecular flexibility index (Phi) is 7.96. The highest BCUT2D eigenvalue weighted by Crippen LogP contribution is 2.33. The molecule has 2 amide bonds. The van der Waals surface area contributed by atoms with Crippen molar-refractivity contribution in [2.45, 2.75) is 57.3 Å². The highest BCUT2D eigenvalue weighted by molar-refractivity contribution is 5.97. The molecule has 2 aromatic carbocycles. The number of carbonyl (C=O) groups excluding carboxylic acids is 2. The number of nitrogens with zero attached hydrogens (tertiary/aromatic N) is 4. The fourth-order valence-electron chi connectivity index (χ4n) is 6.91. The van der Waals surface area contributed by atoms with Gasteiger partial charge in [0.2, 0.25) is 0 Å². The highest BCUT2D eigenvalue weighted by Gasteiger charge is 2.37. The Balaban J connectivity index is 1.21. The molecule has 0 spiro atoms. The second kappa shape index (κ2) is 11.7. The van der Waals surface area contributed by atoms with Gasteiger partial charge in [0, 0.05) is 68.3 Å². The fraction of sp³-hybridized carbons (Fsp3) is 0.471. The van der Waals surface area contributed by atoms with Gasteiger partial charge in [-0.3, -0.25) is 14.5 Å². The Morgan fingerprint density at radius 2 is 1.72 bits per heavy atom. The van der Waals surface area contributed by atoms with E-state index in [0.29, 0.717) is 48.6 Å². The summed E-state index contributed by atoms with van der Waals surface area (Å²) in [6, 6.07) is 14.9. The average Bonchev–Trinajstić information content (AvgIpc) is 3.65. The van der Waals surface area contributed by atoms with E-state index in [4.69, 9.17) is 4.74 Å². The molecule has 2 N–H and O–H groups in total. The number of fused-ring (bicyclic) bond motifs is 2. The molecule has 3 aliphatic rings. The molecule has 0 saturated carbocycles. The number of rotatable bonds is 7. The number of aliphatic hydroxyl groups is 1. The maximum Gasteiger partial charge on any atom is 0.270 e. The molecule has 3 fully saturated rings. The maximum absolute atomic E-state index is 13.6. The number of hydrogen-bond acceptors (Lipinski definition) is 6. The molecule has 43 heavy (non-hydrogen) atoms. The third-order valence-electron chi connectivity index (χ3n) is 9.70. The molecule has 0 aliphatic carbocycles. The summed E-state index contributed by atoms with van der Waals surface area (Å²) in [4.78, 5) is 33.4. The van der Waals surface area contributed by atoms with Crippen molar-refractivity contribution >= 4 is 17.5 Å². The second-order valence-electron chi connectivity index (χ2n) is 12.6. The predicted molar refractivity (Wildman–Crippen MR) is 168 cm³/mol. The Bertz CT molecular complexity index is 1520. The van der Waals surface area contributed by atoms with E-state index in [0.717, 1.165) is 41.0 Å². The predicted octanol–water partition coefficient (Wildman–Crippen LogP) is 3.99. The summed E-state index contributed by atoms with van der Waals surface area (Å²) in [7, 11) is 5.72. The molecule has 4 heterocycles. The number of anilines is 1. The van der Waals surface area contributed by atoms with Gasteiger partial charge in [-0.05, 0) is 93.2 Å². The number of aryl methyl sites for hydroxylation is 2. The van der Waals surface area contributed by atoms with Crippen molar-refractivity contribution in [2.75, 3.05) is 45.2 Å². The monoisotopic (exact) mass is 585 g/mol. The number of β-amino-alcohol motifs (C(OH)–C–C–N with tert-alkyl or cyclic N) is 1. The molecule has 9 nitrogen and oxygen atoms in total. The third kappa shape index (κ3) is 5.76. The van der Waals surface area contributed by atoms with E-state index in [2.05, 4.69) is 34.3 Å². The van der Waals surface area contributed by atoms with Crippen molar-refractivity contribution in [3.63, 3.8) is 0 Å². The zero-order valence-electron chi connectivity index (χ0n) is 25.8. The van der Waals surface area contributed by atoms with E-state index in [1.54, 1.807) is 12.0 Å². The van der Waals surface area contributed by atoms with Crippen molar-refractivity contribution in [1.29, 1.82) is 0 Å². The minimum absolute atomic E-state index is 0.0872. The number of likely N-dealkylation sites (N-methyl/N-ethyl adjacent to an activating group) is 1. The molecule has 2 bridgehead atoms. The first-order valence-electron chi connectivity index (χ1n) is 15.3. The number of hydrogen-bond donors (Lipinski definition) is 2. The van der Waals surface area contributed by atoms with E-state index in [1.807, 2.05) is 62.0 Å². The van der Waals surface area contributed by atoms with Crippen molar-refractivity contribution in [1.82, 2.24) is 19.7 Å². The van der Waals surface area contributed by atoms with Crippen molar-refractivity contribution < 1.29 is 19.4 Å². The van der Waals surface area contributed by atoms with Gasteiger partial charge in [0.25, 0.3) is 11.8 Å². The van der Waals surface area contributed by atoms with Crippen LogP contribution in [0.1, 0.15) is 64.2 Å². The molecule has 9 heteroatoms.